The van der Waals surface area contributed by atoms with Crippen LogP contribution in [-0.4, -0.2) is 37.2 Å². The Bertz CT molecular complexity index is 994. The van der Waals surface area contributed by atoms with Gasteiger partial charge >= 0.3 is 10.2 Å². The molecule has 1 aliphatic rings. The Morgan fingerprint density at radius 2 is 1.73 bits per heavy atom. The molecule has 1 fully saturated rings. The summed E-state index contributed by atoms with van der Waals surface area (Å²) in [4.78, 5) is 25.0. The summed E-state index contributed by atoms with van der Waals surface area (Å²) in [5.74, 6) is -1.02. The SMILES string of the molecule is CC(C)(C)c1ccc(C(=O)NC2CCCCN2S(=O)(=O)NC(=O)c2ccsc2)cc1. The van der Waals surface area contributed by atoms with Crippen LogP contribution in [0.2, 0.25) is 0 Å². The van der Waals surface area contributed by atoms with Crippen molar-refractivity contribution in [2.45, 2.75) is 51.6 Å². The van der Waals surface area contributed by atoms with E-state index < -0.39 is 22.3 Å². The average molecular weight is 450 g/mol. The third-order valence-corrected chi connectivity index (χ3v) is 7.26. The van der Waals surface area contributed by atoms with Crippen molar-refractivity contribution in [3.63, 3.8) is 0 Å². The zero-order valence-corrected chi connectivity index (χ0v) is 19.0. The zero-order valence-electron chi connectivity index (χ0n) is 17.3. The highest BCUT2D eigenvalue weighted by Crippen LogP contribution is 2.23. The highest BCUT2D eigenvalue weighted by molar-refractivity contribution is 7.87. The number of carbonyl (C=O) groups is 2. The Kier molecular flexibility index (Phi) is 6.64. The van der Waals surface area contributed by atoms with E-state index in [4.69, 9.17) is 0 Å². The fourth-order valence-electron chi connectivity index (χ4n) is 3.32. The van der Waals surface area contributed by atoms with Gasteiger partial charge in [-0.05, 0) is 53.8 Å². The molecule has 7 nitrogen and oxygen atoms in total. The van der Waals surface area contributed by atoms with E-state index in [1.807, 2.05) is 12.1 Å². The third kappa shape index (κ3) is 5.27. The number of hydrogen-bond donors (Lipinski definition) is 2. The molecule has 1 aromatic heterocycles. The molecular weight excluding hydrogens is 422 g/mol. The van der Waals surface area contributed by atoms with Crippen molar-refractivity contribution in [2.24, 2.45) is 0 Å². The van der Waals surface area contributed by atoms with Crippen molar-refractivity contribution in [3.05, 3.63) is 57.8 Å². The molecule has 2 heterocycles. The van der Waals surface area contributed by atoms with Gasteiger partial charge in [-0.15, -0.1) is 0 Å². The number of nitrogens with one attached hydrogen (secondary N) is 2. The topological polar surface area (TPSA) is 95.6 Å². The first-order valence-electron chi connectivity index (χ1n) is 9.85. The molecule has 2 aromatic rings. The zero-order chi connectivity index (χ0) is 21.9. The summed E-state index contributed by atoms with van der Waals surface area (Å²) in [5.41, 5.74) is 1.84. The second kappa shape index (κ2) is 8.87. The van der Waals surface area contributed by atoms with Crippen molar-refractivity contribution in [2.75, 3.05) is 6.54 Å². The molecule has 0 aliphatic carbocycles. The minimum atomic E-state index is -4.09. The van der Waals surface area contributed by atoms with Gasteiger partial charge in [-0.2, -0.15) is 24.1 Å². The smallest absolute Gasteiger partial charge is 0.305 e. The Morgan fingerprint density at radius 1 is 1.03 bits per heavy atom. The first-order valence-corrected chi connectivity index (χ1v) is 12.2. The highest BCUT2D eigenvalue weighted by atomic mass is 32.2. The van der Waals surface area contributed by atoms with Gasteiger partial charge in [0.05, 0.1) is 11.7 Å². The van der Waals surface area contributed by atoms with Crippen LogP contribution in [-0.2, 0) is 15.6 Å². The molecule has 1 atom stereocenters. The van der Waals surface area contributed by atoms with Gasteiger partial charge in [0, 0.05) is 17.5 Å². The molecule has 2 amide bonds. The van der Waals surface area contributed by atoms with Gasteiger partial charge in [-0.1, -0.05) is 32.9 Å². The Morgan fingerprint density at radius 3 is 2.33 bits per heavy atom. The summed E-state index contributed by atoms with van der Waals surface area (Å²) in [6.45, 7) is 6.52. The van der Waals surface area contributed by atoms with Gasteiger partial charge in [0.15, 0.2) is 0 Å². The van der Waals surface area contributed by atoms with Gasteiger partial charge < -0.3 is 5.32 Å². The third-order valence-electron chi connectivity index (χ3n) is 5.08. The number of thiophene rings is 1. The molecule has 1 unspecified atom stereocenters. The Labute approximate surface area is 181 Å². The van der Waals surface area contributed by atoms with Crippen LogP contribution in [0.5, 0.6) is 0 Å². The van der Waals surface area contributed by atoms with Crippen molar-refractivity contribution < 1.29 is 18.0 Å². The van der Waals surface area contributed by atoms with Crippen molar-refractivity contribution in [1.29, 1.82) is 0 Å². The van der Waals surface area contributed by atoms with Crippen LogP contribution in [0.25, 0.3) is 0 Å². The van der Waals surface area contributed by atoms with E-state index >= 15 is 0 Å². The van der Waals surface area contributed by atoms with Crippen molar-refractivity contribution in [1.82, 2.24) is 14.3 Å². The Hall–Kier alpha value is -2.23. The molecule has 0 saturated carbocycles. The van der Waals surface area contributed by atoms with Crippen LogP contribution in [0.15, 0.2) is 41.1 Å². The van der Waals surface area contributed by atoms with E-state index in [1.54, 1.807) is 29.0 Å². The van der Waals surface area contributed by atoms with Crippen molar-refractivity contribution in [3.8, 4) is 0 Å². The van der Waals surface area contributed by atoms with E-state index in [1.165, 1.54) is 15.6 Å². The van der Waals surface area contributed by atoms with E-state index in [9.17, 15) is 18.0 Å². The second-order valence-electron chi connectivity index (χ2n) is 8.37. The van der Waals surface area contributed by atoms with E-state index in [0.29, 0.717) is 24.0 Å². The average Bonchev–Trinajstić information content (AvgIpc) is 3.22. The number of amides is 2. The first kappa shape index (κ1) is 22.5. The molecule has 3 rings (SSSR count). The monoisotopic (exact) mass is 449 g/mol. The normalized spacial score (nSPS) is 18.0. The summed E-state index contributed by atoms with van der Waals surface area (Å²) in [6.07, 6.45) is 1.24. The molecule has 0 bridgehead atoms. The summed E-state index contributed by atoms with van der Waals surface area (Å²) in [7, 11) is -4.09. The van der Waals surface area contributed by atoms with Crippen LogP contribution in [0.4, 0.5) is 0 Å². The molecule has 9 heteroatoms. The fourth-order valence-corrected chi connectivity index (χ4v) is 5.29. The van der Waals surface area contributed by atoms with Gasteiger partial charge in [-0.3, -0.25) is 9.59 Å². The molecule has 1 aliphatic heterocycles. The summed E-state index contributed by atoms with van der Waals surface area (Å²) >= 11 is 1.31. The minimum absolute atomic E-state index is 0.0239. The molecule has 1 aromatic carbocycles. The molecule has 30 heavy (non-hydrogen) atoms. The summed E-state index contributed by atoms with van der Waals surface area (Å²) in [5, 5.41) is 6.11. The molecule has 2 N–H and O–H groups in total. The predicted molar refractivity (Wildman–Crippen MR) is 118 cm³/mol. The number of nitrogens with zero attached hydrogens (tertiary/aromatic N) is 1. The van der Waals surface area contributed by atoms with Gasteiger partial charge in [0.25, 0.3) is 11.8 Å². The fraction of sp³-hybridized carbons (Fsp3) is 0.429. The number of piperidine rings is 1. The van der Waals surface area contributed by atoms with E-state index in [2.05, 4.69) is 30.8 Å². The maximum Gasteiger partial charge on any atom is 0.305 e. The lowest BCUT2D eigenvalue weighted by Gasteiger charge is -2.34. The summed E-state index contributed by atoms with van der Waals surface area (Å²) < 4.78 is 28.9. The van der Waals surface area contributed by atoms with Crippen LogP contribution in [0, 0.1) is 0 Å². The largest absolute Gasteiger partial charge is 0.335 e. The number of benzene rings is 1. The maximum atomic E-state index is 12.8. The van der Waals surface area contributed by atoms with Crippen molar-refractivity contribution >= 4 is 33.4 Å². The van der Waals surface area contributed by atoms with Crippen LogP contribution in [0.1, 0.15) is 66.3 Å². The molecule has 0 radical (unpaired) electrons. The van der Waals surface area contributed by atoms with E-state index in [-0.39, 0.29) is 17.9 Å². The predicted octanol–water partition coefficient (Wildman–Crippen LogP) is 3.26. The minimum Gasteiger partial charge on any atom is -0.335 e. The molecule has 162 valence electrons. The number of rotatable bonds is 5. The number of carbonyl (C=O) groups excluding carboxylic acids is 2. The maximum absolute atomic E-state index is 12.8. The van der Waals surface area contributed by atoms with Crippen LogP contribution < -0.4 is 10.0 Å². The lowest BCUT2D eigenvalue weighted by atomic mass is 9.86. The summed E-state index contributed by atoms with van der Waals surface area (Å²) in [6, 6.07) is 8.87. The lowest BCUT2D eigenvalue weighted by molar-refractivity contribution is 0.0882. The second-order valence-corrected chi connectivity index (χ2v) is 10.8. The lowest BCUT2D eigenvalue weighted by Crippen LogP contribution is -2.56. The van der Waals surface area contributed by atoms with Gasteiger partial charge in [0.2, 0.25) is 0 Å². The highest BCUT2D eigenvalue weighted by Gasteiger charge is 2.34. The Balaban J connectivity index is 1.72. The van der Waals surface area contributed by atoms with E-state index in [0.717, 1.165) is 12.0 Å². The van der Waals surface area contributed by atoms with Crippen LogP contribution >= 0.6 is 11.3 Å². The van der Waals surface area contributed by atoms with Crippen LogP contribution in [0.3, 0.4) is 0 Å². The molecular formula is C21H27N3O4S2. The quantitative estimate of drug-likeness (QED) is 0.732. The first-order chi connectivity index (χ1) is 14.1. The molecule has 1 saturated heterocycles. The number of hydrogen-bond acceptors (Lipinski definition) is 5. The van der Waals surface area contributed by atoms with Gasteiger partial charge in [-0.25, -0.2) is 4.72 Å². The standard InChI is InChI=1S/C21H27N3O4S2/c1-21(2,3)17-9-7-15(8-10-17)19(25)22-18-6-4-5-12-24(18)30(27,28)23-20(26)16-11-13-29-14-16/h7-11,13-14,18H,4-6,12H2,1-3H3,(H,22,25)(H,23,26). The molecule has 0 spiro atoms. The van der Waals surface area contributed by atoms with Gasteiger partial charge in [0.1, 0.15) is 0 Å².